The molecule has 0 radical (unpaired) electrons. The van der Waals surface area contributed by atoms with E-state index in [-0.39, 0.29) is 5.41 Å². The van der Waals surface area contributed by atoms with E-state index in [9.17, 15) is 4.79 Å². The molecule has 0 N–H and O–H groups in total. The second-order valence-electron chi connectivity index (χ2n) is 5.40. The second kappa shape index (κ2) is 2.58. The maximum Gasteiger partial charge on any atom is 0.125 e. The third kappa shape index (κ3) is 1.55. The van der Waals surface area contributed by atoms with E-state index in [2.05, 4.69) is 13.8 Å². The molecule has 2 unspecified atom stereocenters. The Balaban J connectivity index is 1.83. The van der Waals surface area contributed by atoms with Crippen molar-refractivity contribution in [3.63, 3.8) is 0 Å². The highest BCUT2D eigenvalue weighted by atomic mass is 16.1. The summed E-state index contributed by atoms with van der Waals surface area (Å²) in [7, 11) is 0. The van der Waals surface area contributed by atoms with Gasteiger partial charge in [-0.2, -0.15) is 0 Å². The van der Waals surface area contributed by atoms with Crippen molar-refractivity contribution in [1.82, 2.24) is 0 Å². The molecule has 0 aliphatic heterocycles. The number of fused-ring (bicyclic) bond motifs is 1. The zero-order valence-electron chi connectivity index (χ0n) is 8.05. The molecule has 2 aliphatic carbocycles. The Morgan fingerprint density at radius 3 is 2.33 bits per heavy atom. The molecule has 0 bridgehead atoms. The van der Waals surface area contributed by atoms with Gasteiger partial charge >= 0.3 is 0 Å². The van der Waals surface area contributed by atoms with Crippen molar-refractivity contribution < 1.29 is 4.79 Å². The SMILES string of the molecule is CC(C)(C=O)CC1CC2CC2C1. The van der Waals surface area contributed by atoms with Gasteiger partial charge in [-0.3, -0.25) is 0 Å². The van der Waals surface area contributed by atoms with Crippen molar-refractivity contribution in [3.8, 4) is 0 Å². The van der Waals surface area contributed by atoms with Gasteiger partial charge in [0.05, 0.1) is 0 Å². The molecule has 0 amide bonds. The van der Waals surface area contributed by atoms with E-state index in [1.807, 2.05) is 0 Å². The van der Waals surface area contributed by atoms with Gasteiger partial charge in [0.1, 0.15) is 6.29 Å². The van der Waals surface area contributed by atoms with E-state index in [1.165, 1.54) is 19.3 Å². The Hall–Kier alpha value is -0.330. The third-order valence-electron chi connectivity index (χ3n) is 3.48. The van der Waals surface area contributed by atoms with Crippen molar-refractivity contribution in [1.29, 1.82) is 0 Å². The van der Waals surface area contributed by atoms with Crippen molar-refractivity contribution >= 4 is 6.29 Å². The van der Waals surface area contributed by atoms with Gasteiger partial charge in [-0.15, -0.1) is 0 Å². The fourth-order valence-corrected chi connectivity index (χ4v) is 2.80. The molecule has 0 aromatic heterocycles. The Bertz CT molecular complexity index is 185. The Kier molecular flexibility index (Phi) is 1.78. The first-order valence-corrected chi connectivity index (χ1v) is 5.07. The predicted octanol–water partition coefficient (Wildman–Crippen LogP) is 2.65. The van der Waals surface area contributed by atoms with Gasteiger partial charge in [0, 0.05) is 5.41 Å². The minimum atomic E-state index is -0.0680. The molecule has 12 heavy (non-hydrogen) atoms. The van der Waals surface area contributed by atoms with Crippen LogP contribution in [-0.2, 0) is 4.79 Å². The highest BCUT2D eigenvalue weighted by molar-refractivity contribution is 5.57. The zero-order chi connectivity index (χ0) is 8.77. The molecule has 0 aromatic carbocycles. The molecule has 0 saturated heterocycles. The molecule has 2 aliphatic rings. The Morgan fingerprint density at radius 2 is 1.83 bits per heavy atom. The Labute approximate surface area is 74.5 Å². The van der Waals surface area contributed by atoms with Crippen LogP contribution in [0.2, 0.25) is 0 Å². The van der Waals surface area contributed by atoms with Crippen LogP contribution < -0.4 is 0 Å². The molecular formula is C11H18O. The summed E-state index contributed by atoms with van der Waals surface area (Å²) in [6.07, 6.45) is 6.53. The number of hydrogen-bond donors (Lipinski definition) is 0. The van der Waals surface area contributed by atoms with E-state index < -0.39 is 0 Å². The largest absolute Gasteiger partial charge is 0.303 e. The van der Waals surface area contributed by atoms with Crippen LogP contribution in [0.4, 0.5) is 0 Å². The molecule has 0 heterocycles. The third-order valence-corrected chi connectivity index (χ3v) is 3.48. The minimum absolute atomic E-state index is 0.0680. The smallest absolute Gasteiger partial charge is 0.125 e. The summed E-state index contributed by atoms with van der Waals surface area (Å²) in [5.41, 5.74) is -0.0680. The highest BCUT2D eigenvalue weighted by Gasteiger charge is 2.46. The summed E-state index contributed by atoms with van der Waals surface area (Å²) in [5.74, 6) is 2.96. The molecule has 68 valence electrons. The normalized spacial score (nSPS) is 39.3. The van der Waals surface area contributed by atoms with Gasteiger partial charge in [-0.25, -0.2) is 0 Å². The first-order chi connectivity index (χ1) is 5.61. The van der Waals surface area contributed by atoms with Crippen LogP contribution in [0.3, 0.4) is 0 Å². The fraction of sp³-hybridized carbons (Fsp3) is 0.909. The van der Waals surface area contributed by atoms with E-state index in [0.29, 0.717) is 0 Å². The summed E-state index contributed by atoms with van der Waals surface area (Å²) in [4.78, 5) is 10.7. The average Bonchev–Trinajstić information content (AvgIpc) is 2.59. The van der Waals surface area contributed by atoms with Gasteiger partial charge < -0.3 is 4.79 Å². The monoisotopic (exact) mass is 166 g/mol. The first kappa shape index (κ1) is 8.28. The number of carbonyl (C=O) groups is 1. The van der Waals surface area contributed by atoms with Crippen LogP contribution >= 0.6 is 0 Å². The lowest BCUT2D eigenvalue weighted by Crippen LogP contribution is -2.17. The summed E-state index contributed by atoms with van der Waals surface area (Å²) in [6, 6.07) is 0. The van der Waals surface area contributed by atoms with Crippen LogP contribution in [0.5, 0.6) is 0 Å². The van der Waals surface area contributed by atoms with E-state index in [0.717, 1.165) is 30.5 Å². The summed E-state index contributed by atoms with van der Waals surface area (Å²) >= 11 is 0. The van der Waals surface area contributed by atoms with Gasteiger partial charge in [0.2, 0.25) is 0 Å². The van der Waals surface area contributed by atoms with Crippen molar-refractivity contribution in [2.75, 3.05) is 0 Å². The number of carbonyl (C=O) groups excluding carboxylic acids is 1. The molecular weight excluding hydrogens is 148 g/mol. The molecule has 0 spiro atoms. The zero-order valence-corrected chi connectivity index (χ0v) is 8.05. The van der Waals surface area contributed by atoms with Crippen LogP contribution in [0.15, 0.2) is 0 Å². The maximum absolute atomic E-state index is 10.7. The Morgan fingerprint density at radius 1 is 1.25 bits per heavy atom. The van der Waals surface area contributed by atoms with Crippen molar-refractivity contribution in [3.05, 3.63) is 0 Å². The lowest BCUT2D eigenvalue weighted by atomic mass is 9.82. The van der Waals surface area contributed by atoms with Gasteiger partial charge in [-0.05, 0) is 43.4 Å². The van der Waals surface area contributed by atoms with Crippen LogP contribution in [0.25, 0.3) is 0 Å². The average molecular weight is 166 g/mol. The standard InChI is InChI=1S/C11H18O/c1-11(2,7-12)6-8-3-9-5-10(9)4-8/h7-10H,3-6H2,1-2H3. The van der Waals surface area contributed by atoms with Crippen LogP contribution in [-0.4, -0.2) is 6.29 Å². The number of aldehydes is 1. The molecule has 2 atom stereocenters. The van der Waals surface area contributed by atoms with Crippen molar-refractivity contribution in [2.45, 2.75) is 39.5 Å². The molecule has 2 rings (SSSR count). The molecule has 0 aromatic rings. The van der Waals surface area contributed by atoms with Crippen LogP contribution in [0.1, 0.15) is 39.5 Å². The van der Waals surface area contributed by atoms with Crippen LogP contribution in [0, 0.1) is 23.2 Å². The van der Waals surface area contributed by atoms with E-state index >= 15 is 0 Å². The van der Waals surface area contributed by atoms with Gasteiger partial charge in [0.15, 0.2) is 0 Å². The van der Waals surface area contributed by atoms with E-state index in [4.69, 9.17) is 0 Å². The topological polar surface area (TPSA) is 17.1 Å². The highest BCUT2D eigenvalue weighted by Crippen LogP contribution is 2.56. The summed E-state index contributed by atoms with van der Waals surface area (Å²) in [6.45, 7) is 4.12. The molecule has 1 nitrogen and oxygen atoms in total. The lowest BCUT2D eigenvalue weighted by molar-refractivity contribution is -0.115. The predicted molar refractivity (Wildman–Crippen MR) is 48.8 cm³/mol. The van der Waals surface area contributed by atoms with Gasteiger partial charge in [0.25, 0.3) is 0 Å². The number of rotatable bonds is 3. The minimum Gasteiger partial charge on any atom is -0.303 e. The summed E-state index contributed by atoms with van der Waals surface area (Å²) < 4.78 is 0. The quantitative estimate of drug-likeness (QED) is 0.589. The molecule has 2 saturated carbocycles. The molecule has 2 fully saturated rings. The second-order valence-corrected chi connectivity index (χ2v) is 5.40. The van der Waals surface area contributed by atoms with Gasteiger partial charge in [-0.1, -0.05) is 13.8 Å². The number of hydrogen-bond acceptors (Lipinski definition) is 1. The fourth-order valence-electron chi connectivity index (χ4n) is 2.80. The lowest BCUT2D eigenvalue weighted by Gasteiger charge is -2.22. The van der Waals surface area contributed by atoms with E-state index in [1.54, 1.807) is 0 Å². The van der Waals surface area contributed by atoms with Crippen molar-refractivity contribution in [2.24, 2.45) is 23.2 Å². The first-order valence-electron chi connectivity index (χ1n) is 5.07. The summed E-state index contributed by atoms with van der Waals surface area (Å²) in [5, 5.41) is 0. The maximum atomic E-state index is 10.7. The molecule has 1 heteroatoms.